The zero-order valence-corrected chi connectivity index (χ0v) is 5.30. The molecule has 0 aromatic carbocycles. The molecule has 50 valence electrons. The first-order valence-corrected chi connectivity index (χ1v) is 3.42. The molecule has 0 amide bonds. The number of aliphatic hydroxyl groups is 1. The van der Waals surface area contributed by atoms with Gasteiger partial charge in [-0.1, -0.05) is 12.2 Å². The van der Waals surface area contributed by atoms with Crippen molar-refractivity contribution in [1.82, 2.24) is 5.32 Å². The summed E-state index contributed by atoms with van der Waals surface area (Å²) in [4.78, 5) is 0. The molecule has 0 aromatic heterocycles. The van der Waals surface area contributed by atoms with E-state index in [1.54, 1.807) is 0 Å². The molecule has 2 heteroatoms. The molecule has 1 aliphatic heterocycles. The minimum atomic E-state index is -0.232. The van der Waals surface area contributed by atoms with Crippen LogP contribution in [0, 0.1) is 0 Å². The van der Waals surface area contributed by atoms with Crippen LogP contribution in [0.3, 0.4) is 0 Å². The maximum absolute atomic E-state index is 8.93. The maximum Gasteiger partial charge on any atom is 0.107 e. The van der Waals surface area contributed by atoms with Gasteiger partial charge in [-0.2, -0.15) is 0 Å². The van der Waals surface area contributed by atoms with Crippen LogP contribution in [0.4, 0.5) is 0 Å². The zero-order chi connectivity index (χ0) is 6.32. The van der Waals surface area contributed by atoms with Crippen LogP contribution in [0.5, 0.6) is 0 Å². The van der Waals surface area contributed by atoms with Gasteiger partial charge in [0.15, 0.2) is 0 Å². The molecule has 0 radical (unpaired) electrons. The molecule has 0 aromatic rings. The first-order valence-electron chi connectivity index (χ1n) is 3.42. The molecular formula is C7H11NO. The van der Waals surface area contributed by atoms with Gasteiger partial charge in [-0.05, 0) is 12.8 Å². The number of hydrogen-bond donors (Lipinski definition) is 2. The van der Waals surface area contributed by atoms with E-state index in [1.165, 1.54) is 0 Å². The van der Waals surface area contributed by atoms with Gasteiger partial charge in [-0.15, -0.1) is 0 Å². The zero-order valence-electron chi connectivity index (χ0n) is 5.30. The molecule has 2 nitrogen and oxygen atoms in total. The molecule has 1 atom stereocenters. The standard InChI is InChI=1S/C7H11NO/c9-6-5-7(8-6)3-1-2-4-7/h1-2,6,8-9H,3-5H2. The Hall–Kier alpha value is -0.340. The van der Waals surface area contributed by atoms with Crippen molar-refractivity contribution in [2.45, 2.75) is 31.0 Å². The quantitative estimate of drug-likeness (QED) is 0.459. The van der Waals surface area contributed by atoms with E-state index in [2.05, 4.69) is 17.5 Å². The van der Waals surface area contributed by atoms with Gasteiger partial charge in [0.2, 0.25) is 0 Å². The van der Waals surface area contributed by atoms with Crippen LogP contribution < -0.4 is 5.32 Å². The predicted molar refractivity (Wildman–Crippen MR) is 34.9 cm³/mol. The van der Waals surface area contributed by atoms with E-state index in [1.807, 2.05) is 0 Å². The van der Waals surface area contributed by atoms with Crippen molar-refractivity contribution in [2.75, 3.05) is 0 Å². The minimum Gasteiger partial charge on any atom is -0.379 e. The fourth-order valence-electron chi connectivity index (χ4n) is 1.69. The second-order valence-electron chi connectivity index (χ2n) is 3.02. The van der Waals surface area contributed by atoms with Crippen LogP contribution >= 0.6 is 0 Å². The summed E-state index contributed by atoms with van der Waals surface area (Å²) in [7, 11) is 0. The van der Waals surface area contributed by atoms with Gasteiger partial charge in [0, 0.05) is 12.0 Å². The summed E-state index contributed by atoms with van der Waals surface area (Å²) in [5.74, 6) is 0. The molecule has 0 bridgehead atoms. The third kappa shape index (κ3) is 0.705. The van der Waals surface area contributed by atoms with E-state index in [0.29, 0.717) is 0 Å². The predicted octanol–water partition coefficient (Wildman–Crippen LogP) is 0.387. The third-order valence-corrected chi connectivity index (χ3v) is 2.24. The lowest BCUT2D eigenvalue weighted by atomic mass is 9.84. The van der Waals surface area contributed by atoms with Crippen LogP contribution in [0.2, 0.25) is 0 Å². The van der Waals surface area contributed by atoms with Gasteiger partial charge in [0.05, 0.1) is 0 Å². The van der Waals surface area contributed by atoms with Crippen molar-refractivity contribution < 1.29 is 5.11 Å². The van der Waals surface area contributed by atoms with E-state index in [9.17, 15) is 0 Å². The molecule has 1 unspecified atom stereocenters. The van der Waals surface area contributed by atoms with Crippen LogP contribution in [0.15, 0.2) is 12.2 Å². The lowest BCUT2D eigenvalue weighted by Crippen LogP contribution is -2.62. The molecule has 1 heterocycles. The van der Waals surface area contributed by atoms with Gasteiger partial charge in [0.1, 0.15) is 6.23 Å². The van der Waals surface area contributed by atoms with E-state index in [-0.39, 0.29) is 11.8 Å². The van der Waals surface area contributed by atoms with E-state index < -0.39 is 0 Å². The molecule has 1 fully saturated rings. The van der Waals surface area contributed by atoms with Crippen LogP contribution in [0.1, 0.15) is 19.3 Å². The molecular weight excluding hydrogens is 114 g/mol. The summed E-state index contributed by atoms with van der Waals surface area (Å²) in [6, 6.07) is 0. The molecule has 1 saturated heterocycles. The Labute approximate surface area is 54.6 Å². The third-order valence-electron chi connectivity index (χ3n) is 2.24. The number of aliphatic hydroxyl groups excluding tert-OH is 1. The Bertz CT molecular complexity index is 137. The van der Waals surface area contributed by atoms with Gasteiger partial charge in [-0.25, -0.2) is 0 Å². The number of rotatable bonds is 0. The summed E-state index contributed by atoms with van der Waals surface area (Å²) in [5.41, 5.74) is 0.277. The van der Waals surface area contributed by atoms with Crippen LogP contribution in [-0.2, 0) is 0 Å². The molecule has 2 N–H and O–H groups in total. The Balaban J connectivity index is 1.98. The maximum atomic E-state index is 8.93. The number of hydrogen-bond acceptors (Lipinski definition) is 2. The highest BCUT2D eigenvalue weighted by molar-refractivity contribution is 5.13. The summed E-state index contributed by atoms with van der Waals surface area (Å²) in [6.45, 7) is 0. The minimum absolute atomic E-state index is 0.232. The lowest BCUT2D eigenvalue weighted by molar-refractivity contribution is -0.0176. The molecule has 1 spiro atoms. The Morgan fingerprint density at radius 3 is 2.44 bits per heavy atom. The van der Waals surface area contributed by atoms with Crippen molar-refractivity contribution in [1.29, 1.82) is 0 Å². The molecule has 2 rings (SSSR count). The smallest absolute Gasteiger partial charge is 0.107 e. The number of nitrogens with one attached hydrogen (secondary N) is 1. The lowest BCUT2D eigenvalue weighted by Gasteiger charge is -2.44. The summed E-state index contributed by atoms with van der Waals surface area (Å²) in [6.07, 6.45) is 7.26. The molecule has 2 aliphatic rings. The van der Waals surface area contributed by atoms with Crippen molar-refractivity contribution >= 4 is 0 Å². The van der Waals surface area contributed by atoms with Crippen LogP contribution in [-0.4, -0.2) is 16.9 Å². The average Bonchev–Trinajstić information content (AvgIpc) is 2.12. The van der Waals surface area contributed by atoms with E-state index in [4.69, 9.17) is 5.11 Å². The second-order valence-corrected chi connectivity index (χ2v) is 3.02. The summed E-state index contributed by atoms with van der Waals surface area (Å²) >= 11 is 0. The van der Waals surface area contributed by atoms with Crippen molar-refractivity contribution in [3.63, 3.8) is 0 Å². The fraction of sp³-hybridized carbons (Fsp3) is 0.714. The first kappa shape index (κ1) is 5.45. The van der Waals surface area contributed by atoms with Gasteiger partial charge >= 0.3 is 0 Å². The Morgan fingerprint density at radius 1 is 1.44 bits per heavy atom. The van der Waals surface area contributed by atoms with Gasteiger partial charge in [-0.3, -0.25) is 5.32 Å². The second kappa shape index (κ2) is 1.58. The Morgan fingerprint density at radius 2 is 2.00 bits per heavy atom. The monoisotopic (exact) mass is 125 g/mol. The highest BCUT2D eigenvalue weighted by Gasteiger charge is 2.42. The normalized spacial score (nSPS) is 37.2. The largest absolute Gasteiger partial charge is 0.379 e. The summed E-state index contributed by atoms with van der Waals surface area (Å²) < 4.78 is 0. The topological polar surface area (TPSA) is 32.3 Å². The SMILES string of the molecule is OC1CC2(CC=CC2)N1. The van der Waals surface area contributed by atoms with Gasteiger partial charge < -0.3 is 5.11 Å². The van der Waals surface area contributed by atoms with Crippen molar-refractivity contribution in [3.05, 3.63) is 12.2 Å². The average molecular weight is 125 g/mol. The fourth-order valence-corrected chi connectivity index (χ4v) is 1.69. The highest BCUT2D eigenvalue weighted by Crippen LogP contribution is 2.34. The van der Waals surface area contributed by atoms with Crippen molar-refractivity contribution in [3.8, 4) is 0 Å². The highest BCUT2D eigenvalue weighted by atomic mass is 16.3. The first-order chi connectivity index (χ1) is 4.31. The molecule has 9 heavy (non-hydrogen) atoms. The van der Waals surface area contributed by atoms with E-state index >= 15 is 0 Å². The van der Waals surface area contributed by atoms with E-state index in [0.717, 1.165) is 19.3 Å². The van der Waals surface area contributed by atoms with Crippen molar-refractivity contribution in [2.24, 2.45) is 0 Å². The Kier molecular flexibility index (Phi) is 0.957. The van der Waals surface area contributed by atoms with Crippen LogP contribution in [0.25, 0.3) is 0 Å². The summed E-state index contributed by atoms with van der Waals surface area (Å²) in [5, 5.41) is 12.0. The molecule has 1 aliphatic carbocycles. The van der Waals surface area contributed by atoms with Gasteiger partial charge in [0.25, 0.3) is 0 Å². The molecule has 0 saturated carbocycles.